The number of piperidine rings is 1. The van der Waals surface area contributed by atoms with Gasteiger partial charge in [-0.25, -0.2) is 8.42 Å². The van der Waals surface area contributed by atoms with Crippen molar-refractivity contribution >= 4 is 32.7 Å². The lowest BCUT2D eigenvalue weighted by molar-refractivity contribution is -0.126. The first-order valence-corrected chi connectivity index (χ1v) is 13.5. The third kappa shape index (κ3) is 5.77. The van der Waals surface area contributed by atoms with Gasteiger partial charge in [-0.1, -0.05) is 29.8 Å². The van der Waals surface area contributed by atoms with Crippen LogP contribution in [-0.4, -0.2) is 80.7 Å². The minimum atomic E-state index is -3.76. The number of likely N-dealkylation sites (N-methyl/N-ethyl adjacent to an activating group) is 1. The van der Waals surface area contributed by atoms with Crippen LogP contribution in [0.2, 0.25) is 0 Å². The molecule has 1 aliphatic rings. The Balaban J connectivity index is 1.53. The number of hydrogen-bond donors (Lipinski definition) is 3. The largest absolute Gasteiger partial charge is 0.354 e. The van der Waals surface area contributed by atoms with Crippen LogP contribution in [0.3, 0.4) is 0 Å². The molecule has 2 atom stereocenters. The Morgan fingerprint density at radius 2 is 1.86 bits per heavy atom. The lowest BCUT2D eigenvalue weighted by Crippen LogP contribution is -2.57. The van der Waals surface area contributed by atoms with E-state index in [0.717, 1.165) is 16.5 Å². The van der Waals surface area contributed by atoms with Gasteiger partial charge in [0, 0.05) is 43.1 Å². The highest BCUT2D eigenvalue weighted by Gasteiger charge is 2.40. The lowest BCUT2D eigenvalue weighted by Gasteiger charge is -2.37. The van der Waals surface area contributed by atoms with Crippen LogP contribution in [0.25, 0.3) is 10.9 Å². The quantitative estimate of drug-likeness (QED) is 0.428. The second kappa shape index (κ2) is 10.8. The van der Waals surface area contributed by atoms with Crippen LogP contribution in [0, 0.1) is 12.8 Å². The highest BCUT2D eigenvalue weighted by molar-refractivity contribution is 7.89. The molecule has 0 saturated carbocycles. The Morgan fingerprint density at radius 3 is 2.58 bits per heavy atom. The van der Waals surface area contributed by atoms with Crippen molar-refractivity contribution in [1.29, 1.82) is 0 Å². The molecule has 192 valence electrons. The molecule has 4 rings (SSSR count). The van der Waals surface area contributed by atoms with Gasteiger partial charge in [-0.2, -0.15) is 4.31 Å². The Hall–Kier alpha value is -3.21. The van der Waals surface area contributed by atoms with Crippen LogP contribution in [-0.2, 0) is 14.8 Å². The molecule has 2 heterocycles. The van der Waals surface area contributed by atoms with Crippen LogP contribution < -0.4 is 10.6 Å². The fraction of sp³-hybridized carbons (Fsp3) is 0.385. The molecule has 2 amide bonds. The Bertz CT molecular complexity index is 1340. The van der Waals surface area contributed by atoms with Crippen LogP contribution in [0.4, 0.5) is 0 Å². The van der Waals surface area contributed by atoms with E-state index in [1.54, 1.807) is 36.4 Å². The maximum Gasteiger partial charge on any atom is 0.267 e. The van der Waals surface area contributed by atoms with Gasteiger partial charge in [0.25, 0.3) is 5.91 Å². The SMILES string of the molecule is Cc1ccc2[nH]c(C(=O)N[C@@H]3CCN(S(=O)(=O)c4ccccc4)C[C@H]3C(=O)NCCN(C)C)cc2c1. The van der Waals surface area contributed by atoms with Crippen molar-refractivity contribution in [3.63, 3.8) is 0 Å². The van der Waals surface area contributed by atoms with E-state index in [9.17, 15) is 18.0 Å². The summed E-state index contributed by atoms with van der Waals surface area (Å²) in [5.41, 5.74) is 2.35. The molecule has 0 aliphatic carbocycles. The van der Waals surface area contributed by atoms with Crippen LogP contribution in [0.1, 0.15) is 22.5 Å². The zero-order valence-electron chi connectivity index (χ0n) is 20.8. The number of H-pyrrole nitrogens is 1. The molecule has 3 N–H and O–H groups in total. The van der Waals surface area contributed by atoms with E-state index >= 15 is 0 Å². The first-order valence-electron chi connectivity index (χ1n) is 12.0. The molecule has 0 spiro atoms. The van der Waals surface area contributed by atoms with E-state index in [1.807, 2.05) is 44.1 Å². The standard InChI is InChI=1S/C26H33N5O4S/c1-18-9-10-22-19(15-18)16-24(28-22)26(33)29-23-11-13-31(36(34,35)20-7-5-4-6-8-20)17-21(23)25(32)27-12-14-30(2)3/h4-10,15-16,21,23,28H,11-14,17H2,1-3H3,(H,27,32)(H,29,33)/t21-,23-/m1/s1. The number of aryl methyl sites for hydroxylation is 1. The van der Waals surface area contributed by atoms with E-state index < -0.39 is 22.0 Å². The van der Waals surface area contributed by atoms with Gasteiger partial charge >= 0.3 is 0 Å². The Labute approximate surface area is 211 Å². The summed E-state index contributed by atoms with van der Waals surface area (Å²) < 4.78 is 27.8. The number of carbonyl (C=O) groups is 2. The van der Waals surface area contributed by atoms with Gasteiger partial charge in [0.1, 0.15) is 5.69 Å². The number of nitrogens with one attached hydrogen (secondary N) is 3. The predicted octanol–water partition coefficient (Wildman–Crippen LogP) is 1.96. The molecule has 1 aromatic heterocycles. The van der Waals surface area contributed by atoms with E-state index in [1.165, 1.54) is 4.31 Å². The van der Waals surface area contributed by atoms with Crippen molar-refractivity contribution in [2.75, 3.05) is 40.3 Å². The normalized spacial score (nSPS) is 18.9. The maximum atomic E-state index is 13.2. The number of rotatable bonds is 8. The molecule has 0 radical (unpaired) electrons. The average Bonchev–Trinajstić information content (AvgIpc) is 3.28. The van der Waals surface area contributed by atoms with Crippen LogP contribution in [0.5, 0.6) is 0 Å². The van der Waals surface area contributed by atoms with Gasteiger partial charge in [0.15, 0.2) is 0 Å². The molecule has 10 heteroatoms. The number of amides is 2. The fourth-order valence-electron chi connectivity index (χ4n) is 4.47. The average molecular weight is 512 g/mol. The smallest absolute Gasteiger partial charge is 0.267 e. The van der Waals surface area contributed by atoms with Crippen LogP contribution in [0.15, 0.2) is 59.5 Å². The lowest BCUT2D eigenvalue weighted by atomic mass is 9.92. The number of aromatic amines is 1. The molecular weight excluding hydrogens is 478 g/mol. The second-order valence-corrected chi connectivity index (χ2v) is 11.5. The Kier molecular flexibility index (Phi) is 7.77. The third-order valence-corrected chi connectivity index (χ3v) is 8.37. The monoisotopic (exact) mass is 511 g/mol. The van der Waals surface area contributed by atoms with E-state index in [-0.39, 0.29) is 29.8 Å². The Morgan fingerprint density at radius 1 is 1.11 bits per heavy atom. The molecule has 0 unspecified atom stereocenters. The number of benzene rings is 2. The molecule has 9 nitrogen and oxygen atoms in total. The summed E-state index contributed by atoms with van der Waals surface area (Å²) in [7, 11) is 0.0554. The number of carbonyl (C=O) groups excluding carboxylic acids is 2. The zero-order valence-corrected chi connectivity index (χ0v) is 21.6. The number of sulfonamides is 1. The maximum absolute atomic E-state index is 13.2. The molecular formula is C26H33N5O4S. The van der Waals surface area contributed by atoms with E-state index in [4.69, 9.17) is 0 Å². The number of hydrogen-bond acceptors (Lipinski definition) is 5. The summed E-state index contributed by atoms with van der Waals surface area (Å²) in [4.78, 5) is 31.6. The predicted molar refractivity (Wildman–Crippen MR) is 139 cm³/mol. The van der Waals surface area contributed by atoms with Gasteiger partial charge in [0.05, 0.1) is 10.8 Å². The van der Waals surface area contributed by atoms with E-state index in [0.29, 0.717) is 25.2 Å². The van der Waals surface area contributed by atoms with Crippen molar-refractivity contribution in [2.24, 2.45) is 5.92 Å². The molecule has 36 heavy (non-hydrogen) atoms. The van der Waals surface area contributed by atoms with Crippen molar-refractivity contribution in [2.45, 2.75) is 24.3 Å². The molecule has 1 saturated heterocycles. The number of nitrogens with zero attached hydrogens (tertiary/aromatic N) is 2. The highest BCUT2D eigenvalue weighted by Crippen LogP contribution is 2.25. The minimum Gasteiger partial charge on any atom is -0.354 e. The number of aromatic nitrogens is 1. The first-order chi connectivity index (χ1) is 17.1. The van der Waals surface area contributed by atoms with Gasteiger partial charge < -0.3 is 20.5 Å². The summed E-state index contributed by atoms with van der Waals surface area (Å²) >= 11 is 0. The van der Waals surface area contributed by atoms with Crippen molar-refractivity contribution in [1.82, 2.24) is 24.8 Å². The fourth-order valence-corrected chi connectivity index (χ4v) is 5.98. The molecule has 1 fully saturated rings. The first kappa shape index (κ1) is 25.9. The van der Waals surface area contributed by atoms with Gasteiger partial charge in [0.2, 0.25) is 15.9 Å². The van der Waals surface area contributed by atoms with Crippen molar-refractivity contribution in [3.8, 4) is 0 Å². The summed E-state index contributed by atoms with van der Waals surface area (Å²) in [6.45, 7) is 3.26. The summed E-state index contributed by atoms with van der Waals surface area (Å²) in [6, 6.07) is 15.4. The van der Waals surface area contributed by atoms with Gasteiger partial charge in [-0.3, -0.25) is 9.59 Å². The number of fused-ring (bicyclic) bond motifs is 1. The second-order valence-electron chi connectivity index (χ2n) is 9.52. The van der Waals surface area contributed by atoms with Gasteiger partial charge in [-0.15, -0.1) is 0 Å². The summed E-state index contributed by atoms with van der Waals surface area (Å²) in [5.74, 6) is -1.32. The van der Waals surface area contributed by atoms with Crippen molar-refractivity contribution < 1.29 is 18.0 Å². The summed E-state index contributed by atoms with van der Waals surface area (Å²) in [6.07, 6.45) is 0.322. The topological polar surface area (TPSA) is 115 Å². The van der Waals surface area contributed by atoms with E-state index in [2.05, 4.69) is 15.6 Å². The zero-order chi connectivity index (χ0) is 25.9. The molecule has 1 aliphatic heterocycles. The molecule has 3 aromatic rings. The van der Waals surface area contributed by atoms with Crippen molar-refractivity contribution in [3.05, 3.63) is 65.9 Å². The molecule has 2 aromatic carbocycles. The summed E-state index contributed by atoms with van der Waals surface area (Å²) in [5, 5.41) is 6.83. The highest BCUT2D eigenvalue weighted by atomic mass is 32.2. The van der Waals surface area contributed by atoms with Gasteiger partial charge in [-0.05, 0) is 57.8 Å². The van der Waals surface area contributed by atoms with Crippen LogP contribution >= 0.6 is 0 Å². The minimum absolute atomic E-state index is 0.0120. The molecule has 0 bridgehead atoms. The third-order valence-electron chi connectivity index (χ3n) is 6.49.